The van der Waals surface area contributed by atoms with E-state index in [0.29, 0.717) is 0 Å². The van der Waals surface area contributed by atoms with Crippen LogP contribution in [0.3, 0.4) is 0 Å². The van der Waals surface area contributed by atoms with Crippen molar-refractivity contribution >= 4 is 23.3 Å². The van der Waals surface area contributed by atoms with E-state index >= 15 is 0 Å². The maximum atomic E-state index is 12.4. The standard InChI is InChI=1S/C15H20N4O3/c1-4-22-15(21)12-10-19(18(2)3)14(20)13(12)17-16-11-8-6-5-7-9-11/h5-9,12,16H,4,10H2,1-3H3/b17-13+/t12-/m1/s1. The Kier molecular flexibility index (Phi) is 5.11. The number of hydrogen-bond acceptors (Lipinski definition) is 6. The molecule has 118 valence electrons. The van der Waals surface area contributed by atoms with E-state index in [1.165, 1.54) is 5.01 Å². The summed E-state index contributed by atoms with van der Waals surface area (Å²) < 4.78 is 5.04. The first-order valence-electron chi connectivity index (χ1n) is 7.09. The van der Waals surface area contributed by atoms with E-state index in [1.54, 1.807) is 26.0 Å². The molecule has 0 aliphatic carbocycles. The van der Waals surface area contributed by atoms with Gasteiger partial charge in [0.25, 0.3) is 5.91 Å². The molecule has 1 saturated heterocycles. The number of benzene rings is 1. The van der Waals surface area contributed by atoms with Gasteiger partial charge in [-0.25, -0.2) is 5.01 Å². The number of nitrogens with one attached hydrogen (secondary N) is 1. The van der Waals surface area contributed by atoms with Crippen LogP contribution in [0.5, 0.6) is 0 Å². The van der Waals surface area contributed by atoms with Crippen molar-refractivity contribution < 1.29 is 14.3 Å². The number of hydrogen-bond donors (Lipinski definition) is 1. The Morgan fingerprint density at radius 3 is 2.68 bits per heavy atom. The molecule has 0 bridgehead atoms. The summed E-state index contributed by atoms with van der Waals surface area (Å²) in [5.41, 5.74) is 3.72. The van der Waals surface area contributed by atoms with Crippen LogP contribution in [0.2, 0.25) is 0 Å². The predicted molar refractivity (Wildman–Crippen MR) is 83.0 cm³/mol. The molecule has 1 aliphatic heterocycles. The number of anilines is 1. The molecule has 1 N–H and O–H groups in total. The molecule has 0 spiro atoms. The molecule has 7 nitrogen and oxygen atoms in total. The lowest BCUT2D eigenvalue weighted by molar-refractivity contribution is -0.146. The molecule has 7 heteroatoms. The lowest BCUT2D eigenvalue weighted by Crippen LogP contribution is -2.39. The number of ether oxygens (including phenoxy) is 1. The van der Waals surface area contributed by atoms with E-state index in [-0.39, 0.29) is 24.8 Å². The molecule has 0 aromatic heterocycles. The number of amides is 1. The largest absolute Gasteiger partial charge is 0.465 e. The summed E-state index contributed by atoms with van der Waals surface area (Å²) in [6, 6.07) is 9.25. The average Bonchev–Trinajstić information content (AvgIpc) is 2.83. The van der Waals surface area contributed by atoms with Gasteiger partial charge in [-0.1, -0.05) is 18.2 Å². The molecular formula is C15H20N4O3. The number of hydrazone groups is 1. The number of carbonyl (C=O) groups is 2. The van der Waals surface area contributed by atoms with Gasteiger partial charge in [-0.05, 0) is 19.1 Å². The molecule has 1 aromatic rings. The van der Waals surface area contributed by atoms with Crippen LogP contribution in [0, 0.1) is 5.92 Å². The van der Waals surface area contributed by atoms with Crippen LogP contribution in [0.15, 0.2) is 35.4 Å². The fourth-order valence-electron chi connectivity index (χ4n) is 2.16. The third kappa shape index (κ3) is 3.43. The molecule has 1 aromatic carbocycles. The molecule has 0 radical (unpaired) electrons. The Morgan fingerprint density at radius 1 is 1.41 bits per heavy atom. The molecule has 1 fully saturated rings. The lowest BCUT2D eigenvalue weighted by Gasteiger charge is -2.22. The number of hydrazine groups is 1. The minimum Gasteiger partial charge on any atom is -0.465 e. The second-order valence-corrected chi connectivity index (χ2v) is 5.01. The van der Waals surface area contributed by atoms with Crippen LogP contribution < -0.4 is 5.43 Å². The minimum absolute atomic E-state index is 0.163. The molecule has 0 saturated carbocycles. The highest BCUT2D eigenvalue weighted by Crippen LogP contribution is 2.19. The third-order valence-corrected chi connectivity index (χ3v) is 3.27. The SMILES string of the molecule is CCOC(=O)[C@@H]1CN(N(C)C)C(=O)/C1=N/Nc1ccccc1. The highest BCUT2D eigenvalue weighted by molar-refractivity contribution is 6.44. The normalized spacial score (nSPS) is 19.8. The summed E-state index contributed by atoms with van der Waals surface area (Å²) in [6.07, 6.45) is 0. The van der Waals surface area contributed by atoms with Gasteiger partial charge in [0.2, 0.25) is 0 Å². The van der Waals surface area contributed by atoms with Gasteiger partial charge >= 0.3 is 5.97 Å². The van der Waals surface area contributed by atoms with Gasteiger partial charge in [-0.15, -0.1) is 0 Å². The first-order chi connectivity index (χ1) is 10.5. The Morgan fingerprint density at radius 2 is 2.09 bits per heavy atom. The molecule has 1 heterocycles. The topological polar surface area (TPSA) is 74.2 Å². The summed E-state index contributed by atoms with van der Waals surface area (Å²) in [5, 5.41) is 7.24. The summed E-state index contributed by atoms with van der Waals surface area (Å²) >= 11 is 0. The average molecular weight is 304 g/mol. The van der Waals surface area contributed by atoms with Crippen LogP contribution in [0.4, 0.5) is 5.69 Å². The van der Waals surface area contributed by atoms with Crippen LogP contribution in [0.1, 0.15) is 6.92 Å². The monoisotopic (exact) mass is 304 g/mol. The second-order valence-electron chi connectivity index (χ2n) is 5.01. The zero-order valence-electron chi connectivity index (χ0n) is 12.9. The van der Waals surface area contributed by atoms with Gasteiger partial charge in [0.05, 0.1) is 18.8 Å². The summed E-state index contributed by atoms with van der Waals surface area (Å²) in [7, 11) is 3.49. The molecule has 2 rings (SSSR count). The first-order valence-corrected chi connectivity index (χ1v) is 7.09. The molecular weight excluding hydrogens is 284 g/mol. The van der Waals surface area contributed by atoms with E-state index < -0.39 is 11.9 Å². The summed E-state index contributed by atoms with van der Waals surface area (Å²) in [4.78, 5) is 24.4. The van der Waals surface area contributed by atoms with Gasteiger partial charge in [-0.3, -0.25) is 20.0 Å². The van der Waals surface area contributed by atoms with E-state index in [0.717, 1.165) is 5.69 Å². The number of nitrogens with zero attached hydrogens (tertiary/aromatic N) is 3. The first kappa shape index (κ1) is 16.0. The van der Waals surface area contributed by atoms with Crippen molar-refractivity contribution in [3.63, 3.8) is 0 Å². The Hall–Kier alpha value is -2.41. The molecule has 0 unspecified atom stereocenters. The molecule has 1 aliphatic rings. The highest BCUT2D eigenvalue weighted by atomic mass is 16.5. The predicted octanol–water partition coefficient (Wildman–Crippen LogP) is 0.953. The molecule has 22 heavy (non-hydrogen) atoms. The Balaban J connectivity index is 2.23. The Bertz CT molecular complexity index is 571. The zero-order chi connectivity index (χ0) is 16.1. The second kappa shape index (κ2) is 7.04. The fraction of sp³-hybridized carbons (Fsp3) is 0.400. The zero-order valence-corrected chi connectivity index (χ0v) is 12.9. The summed E-state index contributed by atoms with van der Waals surface area (Å²) in [5.74, 6) is -1.42. The number of rotatable bonds is 5. The maximum Gasteiger partial charge on any atom is 0.317 e. The maximum absolute atomic E-state index is 12.4. The smallest absolute Gasteiger partial charge is 0.317 e. The van der Waals surface area contributed by atoms with E-state index in [9.17, 15) is 9.59 Å². The van der Waals surface area contributed by atoms with Gasteiger partial charge in [0.1, 0.15) is 11.6 Å². The summed E-state index contributed by atoms with van der Waals surface area (Å²) in [6.45, 7) is 2.24. The minimum atomic E-state index is -0.689. The van der Waals surface area contributed by atoms with Gasteiger partial charge in [0, 0.05) is 14.1 Å². The van der Waals surface area contributed by atoms with Crippen molar-refractivity contribution in [2.45, 2.75) is 6.92 Å². The van der Waals surface area contributed by atoms with Crippen molar-refractivity contribution in [3.8, 4) is 0 Å². The molecule has 1 amide bonds. The quantitative estimate of drug-likeness (QED) is 0.647. The van der Waals surface area contributed by atoms with E-state index in [4.69, 9.17) is 4.74 Å². The van der Waals surface area contributed by atoms with Crippen molar-refractivity contribution in [1.29, 1.82) is 0 Å². The third-order valence-electron chi connectivity index (χ3n) is 3.27. The molecule has 1 atom stereocenters. The Labute approximate surface area is 129 Å². The van der Waals surface area contributed by atoms with E-state index in [2.05, 4.69) is 10.5 Å². The van der Waals surface area contributed by atoms with Crippen LogP contribution in [-0.2, 0) is 14.3 Å². The lowest BCUT2D eigenvalue weighted by atomic mass is 10.1. The van der Waals surface area contributed by atoms with Gasteiger partial charge in [-0.2, -0.15) is 5.10 Å². The van der Waals surface area contributed by atoms with Crippen molar-refractivity contribution in [2.24, 2.45) is 11.0 Å². The number of esters is 1. The van der Waals surface area contributed by atoms with Crippen LogP contribution >= 0.6 is 0 Å². The fourth-order valence-corrected chi connectivity index (χ4v) is 2.16. The number of para-hydroxylation sites is 1. The van der Waals surface area contributed by atoms with Crippen molar-refractivity contribution in [2.75, 3.05) is 32.7 Å². The highest BCUT2D eigenvalue weighted by Gasteiger charge is 2.43. The van der Waals surface area contributed by atoms with E-state index in [1.807, 2.05) is 30.3 Å². The number of carbonyl (C=O) groups excluding carboxylic acids is 2. The van der Waals surface area contributed by atoms with Crippen molar-refractivity contribution in [3.05, 3.63) is 30.3 Å². The van der Waals surface area contributed by atoms with Crippen molar-refractivity contribution in [1.82, 2.24) is 10.0 Å². The van der Waals surface area contributed by atoms with Gasteiger partial charge in [0.15, 0.2) is 0 Å². The van der Waals surface area contributed by atoms with Gasteiger partial charge < -0.3 is 4.74 Å². The van der Waals surface area contributed by atoms with Crippen LogP contribution in [0.25, 0.3) is 0 Å². The van der Waals surface area contributed by atoms with Crippen LogP contribution in [-0.4, -0.2) is 54.9 Å².